The molecule has 1 unspecified atom stereocenters. The number of carboxylic acids is 1. The number of hydrogen-bond acceptors (Lipinski definition) is 3. The smallest absolute Gasteiger partial charge is 0.337 e. The molecule has 1 aromatic rings. The van der Waals surface area contributed by atoms with E-state index in [1.165, 1.54) is 6.07 Å². The van der Waals surface area contributed by atoms with Gasteiger partial charge in [0.25, 0.3) is 0 Å². The van der Waals surface area contributed by atoms with Crippen molar-refractivity contribution in [1.29, 1.82) is 0 Å². The topological polar surface area (TPSA) is 69.6 Å². The van der Waals surface area contributed by atoms with E-state index >= 15 is 0 Å². The predicted molar refractivity (Wildman–Crippen MR) is 63.2 cm³/mol. The molecule has 88 valence electrons. The monoisotopic (exact) mass is 243 g/mol. The van der Waals surface area contributed by atoms with Crippen LogP contribution in [0.15, 0.2) is 18.2 Å². The van der Waals surface area contributed by atoms with Gasteiger partial charge < -0.3 is 15.5 Å². The number of hydrogen-bond donors (Lipinski definition) is 3. The first-order valence-electron chi connectivity index (χ1n) is 4.95. The number of nitrogens with one attached hydrogen (secondary N) is 1. The molecule has 0 heterocycles. The summed E-state index contributed by atoms with van der Waals surface area (Å²) in [7, 11) is 0. The third-order valence-corrected chi connectivity index (χ3v) is 2.32. The molecule has 0 aliphatic rings. The summed E-state index contributed by atoms with van der Waals surface area (Å²) in [5, 5.41) is 21.4. The second-order valence-corrected chi connectivity index (χ2v) is 4.00. The number of carboxylic acid groups (broad SMARTS) is 1. The lowest BCUT2D eigenvalue weighted by Crippen LogP contribution is -2.12. The average molecular weight is 244 g/mol. The Morgan fingerprint density at radius 1 is 1.56 bits per heavy atom. The first kappa shape index (κ1) is 12.8. The quantitative estimate of drug-likeness (QED) is 0.742. The Labute approximate surface area is 98.9 Å². The van der Waals surface area contributed by atoms with Gasteiger partial charge in [-0.2, -0.15) is 0 Å². The van der Waals surface area contributed by atoms with Gasteiger partial charge in [0.1, 0.15) is 0 Å². The lowest BCUT2D eigenvalue weighted by molar-refractivity contribution is 0.0698. The van der Waals surface area contributed by atoms with Gasteiger partial charge in [-0.25, -0.2) is 4.79 Å². The molecule has 0 radical (unpaired) electrons. The van der Waals surface area contributed by atoms with Gasteiger partial charge in [-0.15, -0.1) is 0 Å². The minimum atomic E-state index is -1.03. The van der Waals surface area contributed by atoms with Gasteiger partial charge in [0.15, 0.2) is 0 Å². The van der Waals surface area contributed by atoms with Crippen LogP contribution in [0.5, 0.6) is 0 Å². The molecule has 0 spiro atoms. The van der Waals surface area contributed by atoms with Crippen molar-refractivity contribution in [2.75, 3.05) is 11.9 Å². The molecule has 0 bridgehead atoms. The Kier molecular flexibility index (Phi) is 4.58. The third-order valence-electron chi connectivity index (χ3n) is 2.09. The maximum absolute atomic E-state index is 10.9. The van der Waals surface area contributed by atoms with Crippen LogP contribution in [-0.4, -0.2) is 28.8 Å². The van der Waals surface area contributed by atoms with Crippen LogP contribution in [0.25, 0.3) is 0 Å². The van der Waals surface area contributed by atoms with E-state index in [4.69, 9.17) is 21.8 Å². The number of rotatable bonds is 5. The van der Waals surface area contributed by atoms with Crippen LogP contribution in [0.4, 0.5) is 5.69 Å². The summed E-state index contributed by atoms with van der Waals surface area (Å²) >= 11 is 5.71. The Morgan fingerprint density at radius 3 is 2.81 bits per heavy atom. The maximum Gasteiger partial charge on any atom is 0.337 e. The van der Waals surface area contributed by atoms with Crippen molar-refractivity contribution >= 4 is 23.3 Å². The van der Waals surface area contributed by atoms with E-state index in [0.717, 1.165) is 0 Å². The van der Waals surface area contributed by atoms with Crippen LogP contribution >= 0.6 is 11.6 Å². The van der Waals surface area contributed by atoms with Crippen LogP contribution in [-0.2, 0) is 0 Å². The van der Waals surface area contributed by atoms with Crippen molar-refractivity contribution in [2.24, 2.45) is 0 Å². The summed E-state index contributed by atoms with van der Waals surface area (Å²) < 4.78 is 0. The van der Waals surface area contributed by atoms with Crippen molar-refractivity contribution in [3.8, 4) is 0 Å². The molecular weight excluding hydrogens is 230 g/mol. The molecule has 0 fully saturated rings. The second kappa shape index (κ2) is 5.72. The Hall–Kier alpha value is -1.26. The zero-order valence-electron chi connectivity index (χ0n) is 8.90. The van der Waals surface area contributed by atoms with Crippen molar-refractivity contribution < 1.29 is 15.0 Å². The van der Waals surface area contributed by atoms with Gasteiger partial charge >= 0.3 is 5.97 Å². The summed E-state index contributed by atoms with van der Waals surface area (Å²) in [5.74, 6) is -1.03. The van der Waals surface area contributed by atoms with E-state index in [2.05, 4.69) is 5.32 Å². The normalized spacial score (nSPS) is 12.2. The van der Waals surface area contributed by atoms with Crippen molar-refractivity contribution in [2.45, 2.75) is 19.4 Å². The molecule has 5 heteroatoms. The number of halogens is 1. The molecule has 1 aromatic carbocycles. The highest BCUT2D eigenvalue weighted by atomic mass is 35.5. The van der Waals surface area contributed by atoms with Crippen molar-refractivity contribution in [3.05, 3.63) is 28.8 Å². The summed E-state index contributed by atoms with van der Waals surface area (Å²) in [6.45, 7) is 2.20. The number of aliphatic hydroxyl groups is 1. The van der Waals surface area contributed by atoms with Crippen LogP contribution in [0.1, 0.15) is 23.7 Å². The summed E-state index contributed by atoms with van der Waals surface area (Å²) in [6.07, 6.45) is 0.148. The Morgan fingerprint density at radius 2 is 2.25 bits per heavy atom. The molecule has 4 nitrogen and oxygen atoms in total. The highest BCUT2D eigenvalue weighted by Gasteiger charge is 2.10. The zero-order valence-corrected chi connectivity index (χ0v) is 9.66. The fourth-order valence-electron chi connectivity index (χ4n) is 1.26. The van der Waals surface area contributed by atoms with Crippen LogP contribution in [0.3, 0.4) is 0 Å². The standard InChI is InChI=1S/C11H14ClNO3/c1-7(14)4-5-13-10-3-2-8(12)6-9(10)11(15)16/h2-3,6-7,13-14H,4-5H2,1H3,(H,15,16). The Balaban J connectivity index is 2.75. The van der Waals surface area contributed by atoms with Gasteiger partial charge in [-0.3, -0.25) is 0 Å². The van der Waals surface area contributed by atoms with E-state index in [9.17, 15) is 4.79 Å². The molecule has 0 saturated heterocycles. The summed E-state index contributed by atoms with van der Waals surface area (Å²) in [5.41, 5.74) is 0.649. The zero-order chi connectivity index (χ0) is 12.1. The first-order valence-corrected chi connectivity index (χ1v) is 5.33. The molecule has 0 aliphatic heterocycles. The molecule has 0 aliphatic carbocycles. The van der Waals surface area contributed by atoms with Crippen LogP contribution in [0, 0.1) is 0 Å². The number of aliphatic hydroxyl groups excluding tert-OH is 1. The Bertz CT molecular complexity index is 379. The van der Waals surface area contributed by atoms with E-state index in [1.54, 1.807) is 19.1 Å². The van der Waals surface area contributed by atoms with Gasteiger partial charge in [0.05, 0.1) is 11.7 Å². The highest BCUT2D eigenvalue weighted by Crippen LogP contribution is 2.20. The molecule has 0 amide bonds. The largest absolute Gasteiger partial charge is 0.478 e. The lowest BCUT2D eigenvalue weighted by atomic mass is 10.1. The lowest BCUT2D eigenvalue weighted by Gasteiger charge is -2.10. The molecule has 1 rings (SSSR count). The van der Waals surface area contributed by atoms with Crippen molar-refractivity contribution in [1.82, 2.24) is 0 Å². The molecular formula is C11H14ClNO3. The van der Waals surface area contributed by atoms with Crippen LogP contribution < -0.4 is 5.32 Å². The first-order chi connectivity index (χ1) is 7.50. The predicted octanol–water partition coefficient (Wildman–Crippen LogP) is 2.22. The third kappa shape index (κ3) is 3.72. The van der Waals surface area contributed by atoms with E-state index in [1.807, 2.05) is 0 Å². The number of aromatic carboxylic acids is 1. The molecule has 16 heavy (non-hydrogen) atoms. The fraction of sp³-hybridized carbons (Fsp3) is 0.364. The van der Waals surface area contributed by atoms with Gasteiger partial charge in [0, 0.05) is 17.3 Å². The molecule has 0 saturated carbocycles. The second-order valence-electron chi connectivity index (χ2n) is 3.56. The van der Waals surface area contributed by atoms with E-state index in [-0.39, 0.29) is 5.56 Å². The highest BCUT2D eigenvalue weighted by molar-refractivity contribution is 6.31. The van der Waals surface area contributed by atoms with E-state index < -0.39 is 12.1 Å². The fourth-order valence-corrected chi connectivity index (χ4v) is 1.44. The number of carbonyl (C=O) groups is 1. The van der Waals surface area contributed by atoms with Crippen LogP contribution in [0.2, 0.25) is 5.02 Å². The number of anilines is 1. The molecule has 0 aromatic heterocycles. The average Bonchev–Trinajstić information content (AvgIpc) is 2.19. The molecule has 1 atom stereocenters. The summed E-state index contributed by atoms with van der Waals surface area (Å²) in [6, 6.07) is 4.64. The maximum atomic E-state index is 10.9. The molecule has 3 N–H and O–H groups in total. The van der Waals surface area contributed by atoms with Gasteiger partial charge in [0.2, 0.25) is 0 Å². The van der Waals surface area contributed by atoms with Gasteiger partial charge in [-0.1, -0.05) is 11.6 Å². The van der Waals surface area contributed by atoms with E-state index in [0.29, 0.717) is 23.7 Å². The van der Waals surface area contributed by atoms with Gasteiger partial charge in [-0.05, 0) is 31.5 Å². The number of benzene rings is 1. The van der Waals surface area contributed by atoms with Crippen molar-refractivity contribution in [3.63, 3.8) is 0 Å². The minimum Gasteiger partial charge on any atom is -0.478 e. The SMILES string of the molecule is CC(O)CCNc1ccc(Cl)cc1C(=O)O. The minimum absolute atomic E-state index is 0.137. The summed E-state index contributed by atoms with van der Waals surface area (Å²) in [4.78, 5) is 10.9.